The van der Waals surface area contributed by atoms with Gasteiger partial charge in [0.05, 0.1) is 31.0 Å². The Bertz CT molecular complexity index is 1330. The van der Waals surface area contributed by atoms with Gasteiger partial charge in [0.25, 0.3) is 0 Å². The fraction of sp³-hybridized carbons (Fsp3) is 0.514. The number of benzene rings is 2. The Morgan fingerprint density at radius 2 is 1.73 bits per heavy atom. The maximum atomic E-state index is 14.4. The normalized spacial score (nSPS) is 31.0. The van der Waals surface area contributed by atoms with E-state index < -0.39 is 35.4 Å². The zero-order valence-corrected chi connectivity index (χ0v) is 23.9. The molecule has 3 fully saturated rings. The molecular weight excluding hydrogens is 500 g/mol. The van der Waals surface area contributed by atoms with Crippen molar-refractivity contribution in [1.82, 2.24) is 0 Å². The minimum Gasteiger partial charge on any atom is -0.497 e. The van der Waals surface area contributed by atoms with Crippen LogP contribution in [0.5, 0.6) is 5.75 Å². The van der Waals surface area contributed by atoms with Gasteiger partial charge in [0.1, 0.15) is 28.7 Å². The van der Waals surface area contributed by atoms with Gasteiger partial charge in [0.15, 0.2) is 0 Å². The number of fused-ring (bicyclic) bond motifs is 1. The molecule has 6 unspecified atom stereocenters. The summed E-state index contributed by atoms with van der Waals surface area (Å²) in [4.78, 5) is 42.4. The van der Waals surface area contributed by atoms with Gasteiger partial charge in [-0.05, 0) is 49.4 Å². The molecule has 0 N–H and O–H groups in total. The fourth-order valence-corrected chi connectivity index (χ4v) is 8.29. The molecule has 0 aromatic heterocycles. The summed E-state index contributed by atoms with van der Waals surface area (Å²) in [5.41, 5.74) is 3.15. The van der Waals surface area contributed by atoms with Crippen LogP contribution < -0.4 is 4.74 Å². The molecule has 1 spiro atoms. The lowest BCUT2D eigenvalue weighted by molar-refractivity contribution is -0.135. The minimum absolute atomic E-state index is 0.00966. The summed E-state index contributed by atoms with van der Waals surface area (Å²) in [5.74, 6) is -1.00. The topological polar surface area (TPSA) is 69.7 Å². The molecule has 4 aliphatic rings. The van der Waals surface area contributed by atoms with Gasteiger partial charge in [0.2, 0.25) is 0 Å². The Morgan fingerprint density at radius 3 is 2.45 bits per heavy atom. The molecule has 5 heteroatoms. The zero-order valence-electron chi connectivity index (χ0n) is 23.9. The van der Waals surface area contributed by atoms with Gasteiger partial charge in [-0.3, -0.25) is 14.4 Å². The van der Waals surface area contributed by atoms with Crippen molar-refractivity contribution in [3.63, 3.8) is 0 Å². The van der Waals surface area contributed by atoms with E-state index in [4.69, 9.17) is 9.47 Å². The highest BCUT2D eigenvalue weighted by molar-refractivity contribution is 6.02. The number of carbonyl (C=O) groups excluding carboxylic acids is 3. The molecule has 0 radical (unpaired) electrons. The maximum Gasteiger partial charge on any atom is 0.144 e. The molecule has 2 heterocycles. The highest BCUT2D eigenvalue weighted by Gasteiger charge is 2.72. The fourth-order valence-electron chi connectivity index (χ4n) is 8.29. The largest absolute Gasteiger partial charge is 0.497 e. The Hall–Kier alpha value is -3.05. The van der Waals surface area contributed by atoms with Crippen LogP contribution in [0.1, 0.15) is 60.8 Å². The summed E-state index contributed by atoms with van der Waals surface area (Å²) in [5, 5.41) is 0. The number of hydrogen-bond donors (Lipinski definition) is 0. The lowest BCUT2D eigenvalue weighted by atomic mass is 9.70. The van der Waals surface area contributed by atoms with Gasteiger partial charge in [0, 0.05) is 18.8 Å². The first-order valence-corrected chi connectivity index (χ1v) is 15.0. The number of Topliss-reactive ketones (excluding diaryl/α,β-unsaturated/α-hetero) is 3. The van der Waals surface area contributed by atoms with E-state index in [1.807, 2.05) is 62.4 Å². The van der Waals surface area contributed by atoms with Crippen molar-refractivity contribution >= 4 is 17.3 Å². The van der Waals surface area contributed by atoms with Crippen LogP contribution in [-0.2, 0) is 32.0 Å². The molecule has 5 nitrogen and oxygen atoms in total. The number of carbonyl (C=O) groups is 3. The first kappa shape index (κ1) is 27.1. The lowest BCUT2D eigenvalue weighted by Gasteiger charge is -2.32. The van der Waals surface area contributed by atoms with Crippen LogP contribution in [0.25, 0.3) is 0 Å². The van der Waals surface area contributed by atoms with Crippen LogP contribution in [0.4, 0.5) is 0 Å². The lowest BCUT2D eigenvalue weighted by Crippen LogP contribution is -2.44. The Balaban J connectivity index is 1.33. The van der Waals surface area contributed by atoms with E-state index in [0.717, 1.165) is 53.7 Å². The van der Waals surface area contributed by atoms with E-state index in [1.54, 1.807) is 7.11 Å². The first-order chi connectivity index (χ1) is 19.3. The molecule has 40 heavy (non-hydrogen) atoms. The van der Waals surface area contributed by atoms with Crippen LogP contribution in [0.15, 0.2) is 54.6 Å². The first-order valence-electron chi connectivity index (χ1n) is 15.0. The minimum atomic E-state index is -1.01. The summed E-state index contributed by atoms with van der Waals surface area (Å²) in [7, 11) is 1.63. The van der Waals surface area contributed by atoms with Gasteiger partial charge in [-0.25, -0.2) is 0 Å². The van der Waals surface area contributed by atoms with Crippen LogP contribution in [0, 0.1) is 43.4 Å². The smallest absolute Gasteiger partial charge is 0.144 e. The third-order valence-electron chi connectivity index (χ3n) is 9.83. The Kier molecular flexibility index (Phi) is 7.28. The second-order valence-electron chi connectivity index (χ2n) is 12.7. The molecule has 0 amide bonds. The SMILES string of the molecule is COc1cccc(CC2C(=O)C3C(C(=O)Cc4cc(C)cc(C)c4)C4C=CC3(O4)C2C(=O)CC2CCCCC2)c1. The zero-order chi connectivity index (χ0) is 28.0. The monoisotopic (exact) mass is 540 g/mol. The van der Waals surface area contributed by atoms with E-state index in [-0.39, 0.29) is 23.8 Å². The van der Waals surface area contributed by atoms with Crippen LogP contribution in [0.3, 0.4) is 0 Å². The van der Waals surface area contributed by atoms with Crippen molar-refractivity contribution in [3.8, 4) is 5.75 Å². The third kappa shape index (κ3) is 4.76. The van der Waals surface area contributed by atoms with Crippen molar-refractivity contribution in [2.24, 2.45) is 29.6 Å². The van der Waals surface area contributed by atoms with E-state index in [2.05, 4.69) is 6.07 Å². The van der Waals surface area contributed by atoms with Gasteiger partial charge < -0.3 is 9.47 Å². The Labute approximate surface area is 237 Å². The van der Waals surface area contributed by atoms with Crippen molar-refractivity contribution in [2.75, 3.05) is 7.11 Å². The predicted octanol–water partition coefficient (Wildman–Crippen LogP) is 5.96. The third-order valence-corrected chi connectivity index (χ3v) is 9.83. The number of hydrogen-bond acceptors (Lipinski definition) is 5. The standard InChI is InChI=1S/C35H40O5/c1-21-14-22(2)16-25(15-21)20-28(36)31-30-12-13-35(40-30)32(29(37)19-23-8-5-4-6-9-23)27(34(38)33(31)35)18-24-10-7-11-26(17-24)39-3/h7,10-17,23,27,30-33H,4-6,8-9,18-20H2,1-3H3. The average Bonchev–Trinajstić information content (AvgIpc) is 3.56. The number of ketones is 3. The number of ether oxygens (including phenoxy) is 2. The van der Waals surface area contributed by atoms with Crippen LogP contribution in [0.2, 0.25) is 0 Å². The maximum absolute atomic E-state index is 14.4. The molecule has 2 aromatic carbocycles. The molecule has 6 rings (SSSR count). The number of rotatable bonds is 9. The molecule has 2 aromatic rings. The van der Waals surface area contributed by atoms with Crippen molar-refractivity contribution in [1.29, 1.82) is 0 Å². The van der Waals surface area contributed by atoms with E-state index in [9.17, 15) is 14.4 Å². The second-order valence-corrected chi connectivity index (χ2v) is 12.7. The molecule has 1 saturated heterocycles. The summed E-state index contributed by atoms with van der Waals surface area (Å²) in [6, 6.07) is 13.9. The molecule has 2 saturated carbocycles. The van der Waals surface area contributed by atoms with E-state index >= 15 is 0 Å². The molecular formula is C35H40O5. The van der Waals surface area contributed by atoms with Crippen molar-refractivity contribution < 1.29 is 23.9 Å². The predicted molar refractivity (Wildman–Crippen MR) is 153 cm³/mol. The number of methoxy groups -OCH3 is 1. The van der Waals surface area contributed by atoms with Gasteiger partial charge in [-0.15, -0.1) is 0 Å². The van der Waals surface area contributed by atoms with E-state index in [1.165, 1.54) is 6.42 Å². The van der Waals surface area contributed by atoms with Gasteiger partial charge >= 0.3 is 0 Å². The van der Waals surface area contributed by atoms with Gasteiger partial charge in [-0.1, -0.05) is 85.7 Å². The average molecular weight is 541 g/mol. The molecule has 6 atom stereocenters. The van der Waals surface area contributed by atoms with E-state index in [0.29, 0.717) is 18.8 Å². The highest BCUT2D eigenvalue weighted by Crippen LogP contribution is 2.60. The van der Waals surface area contributed by atoms with Gasteiger partial charge in [-0.2, -0.15) is 0 Å². The summed E-state index contributed by atoms with van der Waals surface area (Å²) >= 11 is 0. The number of aryl methyl sites for hydroxylation is 2. The molecule has 2 aliphatic heterocycles. The second kappa shape index (κ2) is 10.7. The quantitative estimate of drug-likeness (QED) is 0.367. The van der Waals surface area contributed by atoms with Crippen LogP contribution in [-0.4, -0.2) is 36.2 Å². The summed E-state index contributed by atoms with van der Waals surface area (Å²) < 4.78 is 12.0. The van der Waals surface area contributed by atoms with Crippen LogP contribution >= 0.6 is 0 Å². The van der Waals surface area contributed by atoms with Crippen molar-refractivity contribution in [3.05, 3.63) is 76.9 Å². The van der Waals surface area contributed by atoms with Crippen molar-refractivity contribution in [2.45, 2.75) is 76.9 Å². The Morgan fingerprint density at radius 1 is 0.975 bits per heavy atom. The molecule has 2 bridgehead atoms. The molecule has 2 aliphatic carbocycles. The summed E-state index contributed by atoms with van der Waals surface area (Å²) in [6.45, 7) is 4.07. The summed E-state index contributed by atoms with van der Waals surface area (Å²) in [6.07, 6.45) is 10.4. The molecule has 210 valence electrons. The highest BCUT2D eigenvalue weighted by atomic mass is 16.5.